The van der Waals surface area contributed by atoms with Crippen molar-refractivity contribution in [2.45, 2.75) is 38.0 Å². The average Bonchev–Trinajstić information content (AvgIpc) is 2.80. The molecule has 2 N–H and O–H groups in total. The molecule has 2 saturated heterocycles. The molecule has 9 nitrogen and oxygen atoms in total. The number of hydrogen-bond donors (Lipinski definition) is 2. The van der Waals surface area contributed by atoms with Crippen molar-refractivity contribution in [3.63, 3.8) is 0 Å². The third kappa shape index (κ3) is 6.79. The first-order valence-corrected chi connectivity index (χ1v) is 10.9. The van der Waals surface area contributed by atoms with E-state index in [0.717, 1.165) is 5.82 Å². The fraction of sp³-hybridized carbons (Fsp3) is 0.619. The Morgan fingerprint density at radius 2 is 1.97 bits per heavy atom. The minimum atomic E-state index is -4.66. The SMILES string of the molecule is N#Cc1ccc(N2CCN(C(=O)CCCCCOC3CNNC(=O)C3C(F)(F)F)CC2)nc1. The monoisotopic (exact) mass is 468 g/mol. The minimum Gasteiger partial charge on any atom is -0.376 e. The lowest BCUT2D eigenvalue weighted by Crippen LogP contribution is -2.60. The Hall–Kier alpha value is -2.91. The summed E-state index contributed by atoms with van der Waals surface area (Å²) < 4.78 is 44.5. The topological polar surface area (TPSA) is 111 Å². The van der Waals surface area contributed by atoms with E-state index in [9.17, 15) is 22.8 Å². The van der Waals surface area contributed by atoms with E-state index in [2.05, 4.69) is 15.3 Å². The van der Waals surface area contributed by atoms with Crippen molar-refractivity contribution in [1.29, 1.82) is 5.26 Å². The molecule has 0 aliphatic carbocycles. The minimum absolute atomic E-state index is 0.0497. The third-order valence-electron chi connectivity index (χ3n) is 5.72. The number of amides is 2. The Bertz CT molecular complexity index is 850. The smallest absolute Gasteiger partial charge is 0.376 e. The molecule has 2 atom stereocenters. The Morgan fingerprint density at radius 3 is 2.61 bits per heavy atom. The number of rotatable bonds is 8. The number of carbonyl (C=O) groups is 2. The Morgan fingerprint density at radius 1 is 1.21 bits per heavy atom. The maximum atomic E-state index is 13.1. The molecule has 2 aliphatic rings. The van der Waals surface area contributed by atoms with E-state index in [-0.39, 0.29) is 19.1 Å². The second-order valence-electron chi connectivity index (χ2n) is 7.99. The van der Waals surface area contributed by atoms with Crippen molar-refractivity contribution in [3.05, 3.63) is 23.9 Å². The predicted octanol–water partition coefficient (Wildman–Crippen LogP) is 1.36. The first-order chi connectivity index (χ1) is 15.8. The van der Waals surface area contributed by atoms with E-state index < -0.39 is 24.1 Å². The van der Waals surface area contributed by atoms with Crippen molar-refractivity contribution in [2.75, 3.05) is 44.2 Å². The summed E-state index contributed by atoms with van der Waals surface area (Å²) in [6, 6.07) is 5.54. The number of nitrogens with zero attached hydrogens (tertiary/aromatic N) is 4. The van der Waals surface area contributed by atoms with Crippen molar-refractivity contribution in [3.8, 4) is 6.07 Å². The predicted molar refractivity (Wildman–Crippen MR) is 112 cm³/mol. The summed E-state index contributed by atoms with van der Waals surface area (Å²) in [7, 11) is 0. The Balaban J connectivity index is 1.31. The van der Waals surface area contributed by atoms with Gasteiger partial charge in [0.15, 0.2) is 5.92 Å². The zero-order chi connectivity index (χ0) is 23.8. The highest BCUT2D eigenvalue weighted by Gasteiger charge is 2.51. The Kier molecular flexibility index (Phi) is 8.46. The van der Waals surface area contributed by atoms with Crippen LogP contribution in [0.5, 0.6) is 0 Å². The van der Waals surface area contributed by atoms with Gasteiger partial charge >= 0.3 is 6.18 Å². The molecule has 2 unspecified atom stereocenters. The molecule has 0 bridgehead atoms. The number of halogens is 3. The van der Waals surface area contributed by atoms with Gasteiger partial charge in [-0.25, -0.2) is 10.4 Å². The van der Waals surface area contributed by atoms with Gasteiger partial charge < -0.3 is 14.5 Å². The number of carbonyl (C=O) groups excluding carboxylic acids is 2. The maximum Gasteiger partial charge on any atom is 0.403 e. The normalized spacial score (nSPS) is 21.5. The van der Waals surface area contributed by atoms with Crippen molar-refractivity contribution in [1.82, 2.24) is 20.7 Å². The van der Waals surface area contributed by atoms with E-state index in [1.807, 2.05) is 11.5 Å². The quantitative estimate of drug-likeness (QED) is 0.555. The molecule has 0 spiro atoms. The molecule has 1 aromatic heterocycles. The molecule has 180 valence electrons. The molecule has 33 heavy (non-hydrogen) atoms. The number of unbranched alkanes of at least 4 members (excludes halogenated alkanes) is 2. The highest BCUT2D eigenvalue weighted by atomic mass is 19.4. The lowest BCUT2D eigenvalue weighted by atomic mass is 9.99. The molecule has 1 aromatic rings. The number of ether oxygens (including phenoxy) is 1. The second kappa shape index (κ2) is 11.3. The highest BCUT2D eigenvalue weighted by Crippen LogP contribution is 2.31. The van der Waals surface area contributed by atoms with Crippen LogP contribution < -0.4 is 15.8 Å². The van der Waals surface area contributed by atoms with Crippen LogP contribution in [0.1, 0.15) is 31.2 Å². The number of anilines is 1. The third-order valence-corrected chi connectivity index (χ3v) is 5.72. The summed E-state index contributed by atoms with van der Waals surface area (Å²) in [6.07, 6.45) is -2.26. The maximum absolute atomic E-state index is 13.1. The van der Waals surface area contributed by atoms with Crippen LogP contribution in [0.25, 0.3) is 0 Å². The first kappa shape index (κ1) is 24.7. The summed E-state index contributed by atoms with van der Waals surface area (Å²) in [6.45, 7) is 2.46. The fourth-order valence-electron chi connectivity index (χ4n) is 3.89. The summed E-state index contributed by atoms with van der Waals surface area (Å²) >= 11 is 0. The molecule has 2 fully saturated rings. The fourth-order valence-corrected chi connectivity index (χ4v) is 3.89. The van der Waals surface area contributed by atoms with Gasteiger partial charge in [0.25, 0.3) is 0 Å². The number of alkyl halides is 3. The van der Waals surface area contributed by atoms with Gasteiger partial charge in [0.05, 0.1) is 11.7 Å². The van der Waals surface area contributed by atoms with Crippen LogP contribution in [-0.4, -0.2) is 73.3 Å². The van der Waals surface area contributed by atoms with Gasteiger partial charge in [-0.2, -0.15) is 18.4 Å². The van der Waals surface area contributed by atoms with Crippen LogP contribution in [-0.2, 0) is 14.3 Å². The van der Waals surface area contributed by atoms with E-state index in [0.29, 0.717) is 57.4 Å². The molecule has 0 aromatic carbocycles. The number of aromatic nitrogens is 1. The lowest BCUT2D eigenvalue weighted by Gasteiger charge is -2.35. The summed E-state index contributed by atoms with van der Waals surface area (Å²) in [5.74, 6) is -2.49. The Labute approximate surface area is 189 Å². The molecular weight excluding hydrogens is 441 g/mol. The van der Waals surface area contributed by atoms with Crippen LogP contribution in [0.3, 0.4) is 0 Å². The van der Waals surface area contributed by atoms with E-state index in [1.54, 1.807) is 17.0 Å². The lowest BCUT2D eigenvalue weighted by molar-refractivity contribution is -0.213. The van der Waals surface area contributed by atoms with Gasteiger partial charge in [0, 0.05) is 51.9 Å². The van der Waals surface area contributed by atoms with Crippen LogP contribution in [0.4, 0.5) is 19.0 Å². The molecule has 2 amide bonds. The van der Waals surface area contributed by atoms with E-state index in [4.69, 9.17) is 10.00 Å². The zero-order valence-corrected chi connectivity index (χ0v) is 18.1. The second-order valence-corrected chi connectivity index (χ2v) is 7.99. The number of hydrogen-bond acceptors (Lipinski definition) is 7. The molecule has 0 radical (unpaired) electrons. The molecule has 12 heteroatoms. The molecule has 2 aliphatic heterocycles. The van der Waals surface area contributed by atoms with Crippen LogP contribution in [0, 0.1) is 17.2 Å². The number of pyridine rings is 1. The van der Waals surface area contributed by atoms with Gasteiger partial charge in [0.1, 0.15) is 11.9 Å². The van der Waals surface area contributed by atoms with E-state index in [1.165, 1.54) is 6.20 Å². The largest absolute Gasteiger partial charge is 0.403 e. The van der Waals surface area contributed by atoms with E-state index >= 15 is 0 Å². The number of nitrogens with one attached hydrogen (secondary N) is 2. The average molecular weight is 468 g/mol. The summed E-state index contributed by atoms with van der Waals surface area (Å²) in [5.41, 5.74) is 4.90. The van der Waals surface area contributed by atoms with Gasteiger partial charge in [-0.05, 0) is 25.0 Å². The zero-order valence-electron chi connectivity index (χ0n) is 18.1. The first-order valence-electron chi connectivity index (χ1n) is 10.9. The molecule has 3 rings (SSSR count). The summed E-state index contributed by atoms with van der Waals surface area (Å²) in [5, 5.41) is 8.85. The van der Waals surface area contributed by atoms with Gasteiger partial charge in [-0.3, -0.25) is 15.0 Å². The van der Waals surface area contributed by atoms with Crippen LogP contribution in [0.15, 0.2) is 18.3 Å². The number of nitriles is 1. The van der Waals surface area contributed by atoms with Crippen LogP contribution in [0.2, 0.25) is 0 Å². The summed E-state index contributed by atoms with van der Waals surface area (Å²) in [4.78, 5) is 32.1. The van der Waals surface area contributed by atoms with Gasteiger partial charge in [-0.15, -0.1) is 0 Å². The standard InChI is InChI=1S/C21H27F3N6O3/c22-21(23,24)19-16(14-27-28-20(19)32)33-11-3-1-2-4-18(31)30-9-7-29(8-10-30)17-6-5-15(12-25)13-26-17/h5-6,13,16,19,27H,1-4,7-11,14H2,(H,28,32). The van der Waals surface area contributed by atoms with Gasteiger partial charge in [0.2, 0.25) is 11.8 Å². The highest BCUT2D eigenvalue weighted by molar-refractivity contribution is 5.80. The van der Waals surface area contributed by atoms with Crippen molar-refractivity contribution in [2.24, 2.45) is 5.92 Å². The number of piperazine rings is 1. The molecular formula is C21H27F3N6O3. The number of hydrazine groups is 1. The van der Waals surface area contributed by atoms with Crippen LogP contribution >= 0.6 is 0 Å². The van der Waals surface area contributed by atoms with Gasteiger partial charge in [-0.1, -0.05) is 6.42 Å². The molecule has 0 saturated carbocycles. The molecule has 3 heterocycles. The van der Waals surface area contributed by atoms with Crippen molar-refractivity contribution >= 4 is 17.6 Å². The van der Waals surface area contributed by atoms with Crippen molar-refractivity contribution < 1.29 is 27.5 Å².